The van der Waals surface area contributed by atoms with Crippen molar-refractivity contribution in [1.29, 1.82) is 0 Å². The van der Waals surface area contributed by atoms with Crippen LogP contribution in [0.2, 0.25) is 0 Å². The van der Waals surface area contributed by atoms with Crippen LogP contribution >= 0.6 is 0 Å². The molecule has 2 unspecified atom stereocenters. The zero-order chi connectivity index (χ0) is 26.0. The molecule has 0 aliphatic rings. The van der Waals surface area contributed by atoms with Gasteiger partial charge in [-0.25, -0.2) is 14.8 Å². The number of benzene rings is 3. The van der Waals surface area contributed by atoms with Crippen molar-refractivity contribution in [3.05, 3.63) is 114 Å². The van der Waals surface area contributed by atoms with E-state index in [-0.39, 0.29) is 0 Å². The zero-order valence-electron chi connectivity index (χ0n) is 20.4. The quantitative estimate of drug-likeness (QED) is 0.275. The minimum absolute atomic E-state index is 0.392. The molecule has 8 nitrogen and oxygen atoms in total. The average molecular weight is 497 g/mol. The first-order chi connectivity index (χ1) is 18.0. The molecule has 4 aromatic rings. The molecule has 0 bridgehead atoms. The molecule has 1 aromatic heterocycles. The van der Waals surface area contributed by atoms with Gasteiger partial charge in [0, 0.05) is 12.1 Å². The third-order valence-corrected chi connectivity index (χ3v) is 5.86. The summed E-state index contributed by atoms with van der Waals surface area (Å²) in [6, 6.07) is 25.8. The summed E-state index contributed by atoms with van der Waals surface area (Å²) in [6.45, 7) is 2.20. The molecule has 37 heavy (non-hydrogen) atoms. The minimum Gasteiger partial charge on any atom is -0.480 e. The van der Waals surface area contributed by atoms with Gasteiger partial charge in [0.15, 0.2) is 0 Å². The van der Waals surface area contributed by atoms with Crippen LogP contribution in [0.3, 0.4) is 0 Å². The summed E-state index contributed by atoms with van der Waals surface area (Å²) in [7, 11) is 0. The van der Waals surface area contributed by atoms with Gasteiger partial charge in [0.25, 0.3) is 0 Å². The van der Waals surface area contributed by atoms with E-state index >= 15 is 0 Å². The Morgan fingerprint density at radius 2 is 1.59 bits per heavy atom. The number of rotatable bonds is 10. The van der Waals surface area contributed by atoms with Crippen molar-refractivity contribution in [1.82, 2.24) is 15.3 Å². The SMILES string of the molecule is CC(OC(=O)Nc1cncnc1-c1ccc(CNC(Cc2ccccc2)C(=O)O)cc1)c1ccccc1. The van der Waals surface area contributed by atoms with Crippen LogP contribution in [-0.2, 0) is 22.5 Å². The highest BCUT2D eigenvalue weighted by Gasteiger charge is 2.18. The first kappa shape index (κ1) is 25.5. The lowest BCUT2D eigenvalue weighted by atomic mass is 10.0. The highest BCUT2D eigenvalue weighted by Crippen LogP contribution is 2.26. The molecule has 3 aromatic carbocycles. The van der Waals surface area contributed by atoms with E-state index in [0.29, 0.717) is 24.3 Å². The molecule has 0 saturated carbocycles. The second-order valence-electron chi connectivity index (χ2n) is 8.53. The van der Waals surface area contributed by atoms with E-state index in [1.807, 2.05) is 84.9 Å². The first-order valence-electron chi connectivity index (χ1n) is 11.9. The van der Waals surface area contributed by atoms with Gasteiger partial charge in [-0.05, 0) is 30.0 Å². The third kappa shape index (κ3) is 7.22. The summed E-state index contributed by atoms with van der Waals surface area (Å²) in [5.41, 5.74) is 4.51. The number of carbonyl (C=O) groups excluding carboxylic acids is 1. The molecule has 0 radical (unpaired) electrons. The lowest BCUT2D eigenvalue weighted by Crippen LogP contribution is -2.38. The second kappa shape index (κ2) is 12.4. The Morgan fingerprint density at radius 3 is 2.27 bits per heavy atom. The van der Waals surface area contributed by atoms with Crippen LogP contribution in [0, 0.1) is 0 Å². The summed E-state index contributed by atoms with van der Waals surface area (Å²) in [6.07, 6.45) is 2.30. The van der Waals surface area contributed by atoms with E-state index in [2.05, 4.69) is 20.6 Å². The fraction of sp³-hybridized carbons (Fsp3) is 0.172. The van der Waals surface area contributed by atoms with Gasteiger partial charge in [0.1, 0.15) is 18.5 Å². The molecule has 4 rings (SSSR count). The summed E-state index contributed by atoms with van der Waals surface area (Å²) in [4.78, 5) is 32.6. The van der Waals surface area contributed by atoms with Crippen molar-refractivity contribution in [2.45, 2.75) is 32.0 Å². The largest absolute Gasteiger partial charge is 0.480 e. The van der Waals surface area contributed by atoms with Gasteiger partial charge in [0.2, 0.25) is 0 Å². The van der Waals surface area contributed by atoms with Crippen LogP contribution < -0.4 is 10.6 Å². The van der Waals surface area contributed by atoms with E-state index in [4.69, 9.17) is 4.74 Å². The molecule has 0 aliphatic heterocycles. The van der Waals surface area contributed by atoms with Crippen molar-refractivity contribution in [2.75, 3.05) is 5.32 Å². The predicted octanol–water partition coefficient (Wildman–Crippen LogP) is 5.24. The number of aromatic nitrogens is 2. The van der Waals surface area contributed by atoms with E-state index in [1.165, 1.54) is 12.5 Å². The van der Waals surface area contributed by atoms with Gasteiger partial charge in [-0.2, -0.15) is 0 Å². The molecule has 1 amide bonds. The van der Waals surface area contributed by atoms with Gasteiger partial charge in [-0.15, -0.1) is 0 Å². The van der Waals surface area contributed by atoms with Crippen LogP contribution in [0.25, 0.3) is 11.3 Å². The summed E-state index contributed by atoms with van der Waals surface area (Å²) >= 11 is 0. The highest BCUT2D eigenvalue weighted by molar-refractivity contribution is 5.89. The van der Waals surface area contributed by atoms with E-state index < -0.39 is 24.2 Å². The van der Waals surface area contributed by atoms with Gasteiger partial charge in [-0.3, -0.25) is 10.1 Å². The fourth-order valence-corrected chi connectivity index (χ4v) is 3.86. The molecule has 0 fully saturated rings. The number of carbonyl (C=O) groups is 2. The average Bonchev–Trinajstić information content (AvgIpc) is 2.92. The number of amides is 1. The molecular weight excluding hydrogens is 468 g/mol. The molecule has 0 aliphatic carbocycles. The monoisotopic (exact) mass is 496 g/mol. The number of hydrogen-bond acceptors (Lipinski definition) is 6. The number of ether oxygens (including phenoxy) is 1. The fourth-order valence-electron chi connectivity index (χ4n) is 3.86. The van der Waals surface area contributed by atoms with E-state index in [9.17, 15) is 14.7 Å². The smallest absolute Gasteiger partial charge is 0.412 e. The molecule has 0 spiro atoms. The Morgan fingerprint density at radius 1 is 0.919 bits per heavy atom. The van der Waals surface area contributed by atoms with Crippen molar-refractivity contribution in [3.63, 3.8) is 0 Å². The zero-order valence-corrected chi connectivity index (χ0v) is 20.4. The Balaban J connectivity index is 1.39. The number of nitrogens with one attached hydrogen (secondary N) is 2. The van der Waals surface area contributed by atoms with Gasteiger partial charge >= 0.3 is 12.1 Å². The minimum atomic E-state index is -0.898. The summed E-state index contributed by atoms with van der Waals surface area (Å²) in [5.74, 6) is -0.898. The highest BCUT2D eigenvalue weighted by atomic mass is 16.6. The molecule has 2 atom stereocenters. The Bertz CT molecular complexity index is 1310. The molecular formula is C29H28N4O4. The number of nitrogens with zero attached hydrogens (tertiary/aromatic N) is 2. The van der Waals surface area contributed by atoms with E-state index in [1.54, 1.807) is 6.92 Å². The standard InChI is InChI=1S/C29H28N4O4/c1-20(23-10-6-3-7-11-23)37-29(36)33-26-18-30-19-32-27(26)24-14-12-22(13-15-24)17-31-25(28(34)35)16-21-8-4-2-5-9-21/h2-15,18-20,25,31H,16-17H2,1H3,(H,33,36)(H,34,35). The molecule has 8 heteroatoms. The normalized spacial score (nSPS) is 12.4. The predicted molar refractivity (Wildman–Crippen MR) is 141 cm³/mol. The van der Waals surface area contributed by atoms with Crippen LogP contribution in [0.1, 0.15) is 29.7 Å². The van der Waals surface area contributed by atoms with Crippen LogP contribution in [-0.4, -0.2) is 33.2 Å². The number of hydrogen-bond donors (Lipinski definition) is 3. The van der Waals surface area contributed by atoms with Gasteiger partial charge in [-0.1, -0.05) is 84.9 Å². The second-order valence-corrected chi connectivity index (χ2v) is 8.53. The Hall–Kier alpha value is -4.56. The Labute approximate surface area is 215 Å². The lowest BCUT2D eigenvalue weighted by Gasteiger charge is -2.16. The third-order valence-electron chi connectivity index (χ3n) is 5.86. The summed E-state index contributed by atoms with van der Waals surface area (Å²) < 4.78 is 5.50. The van der Waals surface area contributed by atoms with Crippen LogP contribution in [0.15, 0.2) is 97.5 Å². The Kier molecular flexibility index (Phi) is 8.57. The van der Waals surface area contributed by atoms with Crippen molar-refractivity contribution in [2.24, 2.45) is 0 Å². The van der Waals surface area contributed by atoms with Gasteiger partial charge in [0.05, 0.1) is 17.6 Å². The summed E-state index contributed by atoms with van der Waals surface area (Å²) in [5, 5.41) is 15.5. The lowest BCUT2D eigenvalue weighted by molar-refractivity contribution is -0.139. The number of carboxylic acids is 1. The van der Waals surface area contributed by atoms with E-state index in [0.717, 1.165) is 22.3 Å². The molecule has 0 saturated heterocycles. The maximum absolute atomic E-state index is 12.5. The maximum Gasteiger partial charge on any atom is 0.412 e. The maximum atomic E-state index is 12.5. The van der Waals surface area contributed by atoms with Crippen LogP contribution in [0.5, 0.6) is 0 Å². The number of carboxylic acid groups (broad SMARTS) is 1. The van der Waals surface area contributed by atoms with Crippen molar-refractivity contribution in [3.8, 4) is 11.3 Å². The number of anilines is 1. The molecule has 188 valence electrons. The van der Waals surface area contributed by atoms with Crippen molar-refractivity contribution < 1.29 is 19.4 Å². The van der Waals surface area contributed by atoms with Crippen molar-refractivity contribution >= 4 is 17.7 Å². The number of aliphatic carboxylic acids is 1. The molecule has 1 heterocycles. The topological polar surface area (TPSA) is 113 Å². The first-order valence-corrected chi connectivity index (χ1v) is 11.9. The molecule has 3 N–H and O–H groups in total. The van der Waals surface area contributed by atoms with Crippen LogP contribution in [0.4, 0.5) is 10.5 Å². The van der Waals surface area contributed by atoms with Gasteiger partial charge < -0.3 is 15.2 Å².